The van der Waals surface area contributed by atoms with E-state index in [4.69, 9.17) is 23.2 Å². The lowest BCUT2D eigenvalue weighted by atomic mass is 10.1. The molecule has 0 unspecified atom stereocenters. The van der Waals surface area contributed by atoms with Crippen LogP contribution >= 0.6 is 23.2 Å². The predicted octanol–water partition coefficient (Wildman–Crippen LogP) is 2.83. The second-order valence-corrected chi connectivity index (χ2v) is 6.09. The molecular formula is C15H19Cl2N3O2. The molecule has 0 aromatic carbocycles. The second kappa shape index (κ2) is 7.79. The topological polar surface area (TPSA) is 62.3 Å². The normalized spacial score (nSPS) is 14.8. The Morgan fingerprint density at radius 2 is 1.91 bits per heavy atom. The summed E-state index contributed by atoms with van der Waals surface area (Å²) in [4.78, 5) is 29.9. The monoisotopic (exact) mass is 343 g/mol. The summed E-state index contributed by atoms with van der Waals surface area (Å²) in [5.74, 6) is -0.294. The average molecular weight is 344 g/mol. The maximum Gasteiger partial charge on any atom is 0.254 e. The van der Waals surface area contributed by atoms with E-state index >= 15 is 0 Å². The summed E-state index contributed by atoms with van der Waals surface area (Å²) >= 11 is 12.0. The molecule has 0 saturated carbocycles. The number of carbonyl (C=O) groups excluding carboxylic acids is 2. The van der Waals surface area contributed by atoms with Crippen LogP contribution in [-0.4, -0.2) is 41.3 Å². The minimum Gasteiger partial charge on any atom is -0.351 e. The molecule has 1 N–H and O–H groups in total. The van der Waals surface area contributed by atoms with Crippen LogP contribution < -0.4 is 5.32 Å². The lowest BCUT2D eigenvalue weighted by molar-refractivity contribution is -0.131. The van der Waals surface area contributed by atoms with Crippen LogP contribution in [0.15, 0.2) is 6.20 Å². The minimum atomic E-state index is -0.370. The molecule has 1 aromatic heterocycles. The summed E-state index contributed by atoms with van der Waals surface area (Å²) in [5.41, 5.74) is 0.797. The first-order valence-electron chi connectivity index (χ1n) is 7.37. The van der Waals surface area contributed by atoms with Crippen molar-refractivity contribution in [3.63, 3.8) is 0 Å². The van der Waals surface area contributed by atoms with Crippen LogP contribution in [0.5, 0.6) is 0 Å². The van der Waals surface area contributed by atoms with E-state index in [-0.39, 0.29) is 40.4 Å². The van der Waals surface area contributed by atoms with Crippen molar-refractivity contribution in [3.05, 3.63) is 27.5 Å². The second-order valence-electron chi connectivity index (χ2n) is 5.33. The zero-order valence-electron chi connectivity index (χ0n) is 12.5. The van der Waals surface area contributed by atoms with Crippen molar-refractivity contribution >= 4 is 35.0 Å². The lowest BCUT2D eigenvalue weighted by Gasteiger charge is -2.26. The Kier molecular flexibility index (Phi) is 6.03. The summed E-state index contributed by atoms with van der Waals surface area (Å²) in [6, 6.07) is 0. The van der Waals surface area contributed by atoms with E-state index in [1.165, 1.54) is 12.6 Å². The first kappa shape index (κ1) is 17.0. The SMILES string of the molecule is Cc1ncc(C(=O)NCCC(=O)N2CCCCC2)c(Cl)c1Cl. The third-order valence-electron chi connectivity index (χ3n) is 3.71. The number of piperidine rings is 1. The Labute approximate surface area is 140 Å². The Morgan fingerprint density at radius 1 is 1.23 bits per heavy atom. The number of aromatic nitrogens is 1. The third-order valence-corrected chi connectivity index (χ3v) is 4.66. The van der Waals surface area contributed by atoms with Gasteiger partial charge < -0.3 is 10.2 Å². The van der Waals surface area contributed by atoms with Crippen molar-refractivity contribution < 1.29 is 9.59 Å². The number of halogens is 2. The van der Waals surface area contributed by atoms with E-state index in [1.54, 1.807) is 6.92 Å². The molecule has 120 valence electrons. The molecule has 0 bridgehead atoms. The molecule has 7 heteroatoms. The number of hydrogen-bond donors (Lipinski definition) is 1. The van der Waals surface area contributed by atoms with Crippen molar-refractivity contribution in [2.75, 3.05) is 19.6 Å². The van der Waals surface area contributed by atoms with Crippen LogP contribution in [-0.2, 0) is 4.79 Å². The maximum absolute atomic E-state index is 12.1. The number of pyridine rings is 1. The van der Waals surface area contributed by atoms with Gasteiger partial charge in [0.15, 0.2) is 0 Å². The first-order valence-corrected chi connectivity index (χ1v) is 8.13. The van der Waals surface area contributed by atoms with Crippen LogP contribution in [0, 0.1) is 6.92 Å². The highest BCUT2D eigenvalue weighted by atomic mass is 35.5. The number of amides is 2. The Bertz CT molecular complexity index is 572. The van der Waals surface area contributed by atoms with Crippen LogP contribution in [0.25, 0.3) is 0 Å². The molecule has 0 radical (unpaired) electrons. The molecule has 1 aliphatic heterocycles. The van der Waals surface area contributed by atoms with Crippen molar-refractivity contribution in [1.82, 2.24) is 15.2 Å². The quantitative estimate of drug-likeness (QED) is 0.914. The molecule has 1 aliphatic rings. The van der Waals surface area contributed by atoms with Gasteiger partial charge in [-0.1, -0.05) is 23.2 Å². The number of nitrogens with one attached hydrogen (secondary N) is 1. The van der Waals surface area contributed by atoms with Gasteiger partial charge in [-0.3, -0.25) is 14.6 Å². The van der Waals surface area contributed by atoms with Gasteiger partial charge >= 0.3 is 0 Å². The summed E-state index contributed by atoms with van der Waals surface area (Å²) < 4.78 is 0. The highest BCUT2D eigenvalue weighted by molar-refractivity contribution is 6.44. The molecule has 0 aliphatic carbocycles. The summed E-state index contributed by atoms with van der Waals surface area (Å²) in [7, 11) is 0. The minimum absolute atomic E-state index is 0.0751. The standard InChI is InChI=1S/C15H19Cl2N3O2/c1-10-13(16)14(17)11(9-19-10)15(22)18-6-5-12(21)20-7-3-2-4-8-20/h9H,2-8H2,1H3,(H,18,22). The van der Waals surface area contributed by atoms with Gasteiger partial charge in [-0.15, -0.1) is 0 Å². The summed E-state index contributed by atoms with van der Waals surface area (Å²) in [6.07, 6.45) is 4.98. The molecule has 1 fully saturated rings. The van der Waals surface area contributed by atoms with Gasteiger partial charge in [0.2, 0.25) is 5.91 Å². The highest BCUT2D eigenvalue weighted by Crippen LogP contribution is 2.27. The Balaban J connectivity index is 1.85. The molecule has 1 aromatic rings. The van der Waals surface area contributed by atoms with E-state index in [0.717, 1.165) is 25.9 Å². The number of likely N-dealkylation sites (tertiary alicyclic amines) is 1. The first-order chi connectivity index (χ1) is 10.5. The zero-order chi connectivity index (χ0) is 16.1. The van der Waals surface area contributed by atoms with Crippen molar-refractivity contribution in [2.45, 2.75) is 32.6 Å². The number of carbonyl (C=O) groups is 2. The fourth-order valence-electron chi connectivity index (χ4n) is 2.39. The van der Waals surface area contributed by atoms with Crippen molar-refractivity contribution in [2.24, 2.45) is 0 Å². The van der Waals surface area contributed by atoms with Crippen LogP contribution in [0.1, 0.15) is 41.7 Å². The van der Waals surface area contributed by atoms with Crippen molar-refractivity contribution in [3.8, 4) is 0 Å². The molecule has 22 heavy (non-hydrogen) atoms. The maximum atomic E-state index is 12.1. The van der Waals surface area contributed by atoms with Crippen LogP contribution in [0.4, 0.5) is 0 Å². The van der Waals surface area contributed by atoms with E-state index in [1.807, 2.05) is 4.90 Å². The molecule has 2 amide bonds. The van der Waals surface area contributed by atoms with Gasteiger partial charge in [-0.25, -0.2) is 0 Å². The molecule has 0 spiro atoms. The van der Waals surface area contributed by atoms with Gasteiger partial charge in [0.25, 0.3) is 5.91 Å². The van der Waals surface area contributed by atoms with Crippen molar-refractivity contribution in [1.29, 1.82) is 0 Å². The number of rotatable bonds is 4. The zero-order valence-corrected chi connectivity index (χ0v) is 14.0. The fourth-order valence-corrected chi connectivity index (χ4v) is 2.81. The summed E-state index contributed by atoms with van der Waals surface area (Å²) in [6.45, 7) is 3.62. The van der Waals surface area contributed by atoms with Crippen LogP contribution in [0.2, 0.25) is 10.0 Å². The average Bonchev–Trinajstić information content (AvgIpc) is 2.53. The smallest absolute Gasteiger partial charge is 0.254 e. The number of hydrogen-bond acceptors (Lipinski definition) is 3. The third kappa shape index (κ3) is 4.11. The Hall–Kier alpha value is -1.33. The van der Waals surface area contributed by atoms with E-state index < -0.39 is 0 Å². The van der Waals surface area contributed by atoms with Crippen LogP contribution in [0.3, 0.4) is 0 Å². The molecule has 5 nitrogen and oxygen atoms in total. The number of aryl methyl sites for hydroxylation is 1. The molecule has 0 atom stereocenters. The molecule has 2 heterocycles. The lowest BCUT2D eigenvalue weighted by Crippen LogP contribution is -2.37. The number of nitrogens with zero attached hydrogens (tertiary/aromatic N) is 2. The van der Waals surface area contributed by atoms with E-state index in [2.05, 4.69) is 10.3 Å². The fraction of sp³-hybridized carbons (Fsp3) is 0.533. The molecular weight excluding hydrogens is 325 g/mol. The predicted molar refractivity (Wildman–Crippen MR) is 86.4 cm³/mol. The molecule has 2 rings (SSSR count). The summed E-state index contributed by atoms with van der Waals surface area (Å²) in [5, 5.41) is 3.15. The highest BCUT2D eigenvalue weighted by Gasteiger charge is 2.18. The van der Waals surface area contributed by atoms with Gasteiger partial charge in [-0.05, 0) is 26.2 Å². The van der Waals surface area contributed by atoms with Gasteiger partial charge in [0.05, 0.1) is 21.3 Å². The van der Waals surface area contributed by atoms with E-state index in [0.29, 0.717) is 5.69 Å². The Morgan fingerprint density at radius 3 is 2.59 bits per heavy atom. The van der Waals surface area contributed by atoms with Gasteiger partial charge in [0.1, 0.15) is 0 Å². The van der Waals surface area contributed by atoms with Gasteiger partial charge in [0, 0.05) is 32.3 Å². The van der Waals surface area contributed by atoms with Gasteiger partial charge in [-0.2, -0.15) is 0 Å². The van der Waals surface area contributed by atoms with E-state index in [9.17, 15) is 9.59 Å². The largest absolute Gasteiger partial charge is 0.351 e. The molecule has 1 saturated heterocycles.